The molecule has 1 aromatic rings. The Morgan fingerprint density at radius 1 is 1.10 bits per heavy atom. The van der Waals surface area contributed by atoms with Gasteiger partial charge in [0.2, 0.25) is 11.8 Å². The number of likely N-dealkylation sites (tertiary alicyclic amines) is 1. The summed E-state index contributed by atoms with van der Waals surface area (Å²) < 4.78 is 0. The summed E-state index contributed by atoms with van der Waals surface area (Å²) in [4.78, 5) is 26.1. The van der Waals surface area contributed by atoms with Crippen molar-refractivity contribution in [2.24, 2.45) is 11.8 Å². The number of nitrogens with one attached hydrogen (secondary N) is 1. The van der Waals surface area contributed by atoms with Gasteiger partial charge in [0.25, 0.3) is 0 Å². The van der Waals surface area contributed by atoms with Crippen LogP contribution in [0.5, 0.6) is 0 Å². The van der Waals surface area contributed by atoms with Crippen molar-refractivity contribution in [3.63, 3.8) is 0 Å². The Balaban J connectivity index is 1.70. The Kier molecular flexibility index (Phi) is 3.47. The molecular weight excluding hydrogens is 252 g/mol. The standard InChI is InChI=1S/C16H20N2O2/c1-11-6-2-5-9-14(11)17-10-18-15(19)12-7-3-4-8-13(12)16(18)20/h2,5-6,9,12-13,17H,3-4,7-8,10H2,1H3/t12-,13+. The van der Waals surface area contributed by atoms with Gasteiger partial charge in [-0.3, -0.25) is 14.5 Å². The predicted molar refractivity (Wildman–Crippen MR) is 77.0 cm³/mol. The Morgan fingerprint density at radius 3 is 2.30 bits per heavy atom. The number of imide groups is 1. The van der Waals surface area contributed by atoms with Crippen molar-refractivity contribution in [1.29, 1.82) is 0 Å². The number of carbonyl (C=O) groups excluding carboxylic acids is 2. The van der Waals surface area contributed by atoms with Gasteiger partial charge in [-0.2, -0.15) is 0 Å². The minimum Gasteiger partial charge on any atom is -0.367 e. The predicted octanol–water partition coefficient (Wildman–Crippen LogP) is 2.54. The highest BCUT2D eigenvalue weighted by Gasteiger charge is 2.47. The molecule has 2 fully saturated rings. The van der Waals surface area contributed by atoms with Crippen molar-refractivity contribution in [3.8, 4) is 0 Å². The second kappa shape index (κ2) is 5.27. The lowest BCUT2D eigenvalue weighted by Gasteiger charge is -2.19. The number of amides is 2. The summed E-state index contributed by atoms with van der Waals surface area (Å²) in [7, 11) is 0. The van der Waals surface area contributed by atoms with Crippen molar-refractivity contribution in [2.75, 3.05) is 12.0 Å². The maximum absolute atomic E-state index is 12.3. The third-order valence-corrected chi connectivity index (χ3v) is 4.51. The van der Waals surface area contributed by atoms with Crippen LogP contribution in [0.3, 0.4) is 0 Å². The van der Waals surface area contributed by atoms with Gasteiger partial charge in [0, 0.05) is 5.69 Å². The van der Waals surface area contributed by atoms with E-state index in [0.29, 0.717) is 0 Å². The van der Waals surface area contributed by atoms with E-state index in [0.717, 1.165) is 36.9 Å². The summed E-state index contributed by atoms with van der Waals surface area (Å²) >= 11 is 0. The van der Waals surface area contributed by atoms with Crippen LogP contribution in [0.2, 0.25) is 0 Å². The normalized spacial score (nSPS) is 25.8. The summed E-state index contributed by atoms with van der Waals surface area (Å²) in [6.45, 7) is 2.30. The van der Waals surface area contributed by atoms with E-state index in [-0.39, 0.29) is 30.3 Å². The molecule has 2 aliphatic rings. The molecule has 106 valence electrons. The molecule has 0 bridgehead atoms. The molecule has 1 N–H and O–H groups in total. The minimum absolute atomic E-state index is 0.0146. The quantitative estimate of drug-likeness (QED) is 0.860. The topological polar surface area (TPSA) is 49.4 Å². The van der Waals surface area contributed by atoms with Crippen molar-refractivity contribution in [3.05, 3.63) is 29.8 Å². The summed E-state index contributed by atoms with van der Waals surface area (Å²) in [5, 5.41) is 3.21. The van der Waals surface area contributed by atoms with E-state index in [1.165, 1.54) is 4.90 Å². The number of hydrogen-bond donors (Lipinski definition) is 1. The zero-order valence-electron chi connectivity index (χ0n) is 11.8. The van der Waals surface area contributed by atoms with Crippen LogP contribution >= 0.6 is 0 Å². The number of fused-ring (bicyclic) bond motifs is 1. The first kappa shape index (κ1) is 13.2. The maximum Gasteiger partial charge on any atom is 0.234 e. The molecule has 1 aliphatic carbocycles. The maximum atomic E-state index is 12.3. The van der Waals surface area contributed by atoms with E-state index in [9.17, 15) is 9.59 Å². The lowest BCUT2D eigenvalue weighted by atomic mass is 9.81. The molecule has 4 nitrogen and oxygen atoms in total. The SMILES string of the molecule is Cc1ccccc1NCN1C(=O)[C@H]2CCCC[C@H]2C1=O. The zero-order chi connectivity index (χ0) is 14.1. The molecule has 0 aromatic heterocycles. The summed E-state index contributed by atoms with van der Waals surface area (Å²) in [6, 6.07) is 7.90. The number of hydrogen-bond acceptors (Lipinski definition) is 3. The Morgan fingerprint density at radius 2 is 1.70 bits per heavy atom. The molecule has 0 spiro atoms. The fraction of sp³-hybridized carbons (Fsp3) is 0.500. The summed E-state index contributed by atoms with van der Waals surface area (Å²) in [5.74, 6) is -0.0913. The van der Waals surface area contributed by atoms with Gasteiger partial charge in [-0.1, -0.05) is 31.0 Å². The Bertz CT molecular complexity index is 517. The smallest absolute Gasteiger partial charge is 0.234 e. The van der Waals surface area contributed by atoms with E-state index in [1.807, 2.05) is 31.2 Å². The van der Waals surface area contributed by atoms with Crippen LogP contribution in [0.1, 0.15) is 31.2 Å². The Labute approximate surface area is 119 Å². The van der Waals surface area contributed by atoms with Crippen LogP contribution in [0.4, 0.5) is 5.69 Å². The molecular formula is C16H20N2O2. The van der Waals surface area contributed by atoms with Crippen molar-refractivity contribution < 1.29 is 9.59 Å². The molecule has 0 radical (unpaired) electrons. The lowest BCUT2D eigenvalue weighted by Crippen LogP contribution is -2.35. The second-order valence-corrected chi connectivity index (χ2v) is 5.75. The van der Waals surface area contributed by atoms with E-state index >= 15 is 0 Å². The highest BCUT2D eigenvalue weighted by molar-refractivity contribution is 6.05. The third-order valence-electron chi connectivity index (χ3n) is 4.51. The largest absolute Gasteiger partial charge is 0.367 e. The van der Waals surface area contributed by atoms with Crippen LogP contribution in [-0.2, 0) is 9.59 Å². The molecule has 1 saturated heterocycles. The number of rotatable bonds is 3. The fourth-order valence-corrected chi connectivity index (χ4v) is 3.32. The summed E-state index contributed by atoms with van der Waals surface area (Å²) in [6.07, 6.45) is 3.88. The highest BCUT2D eigenvalue weighted by Crippen LogP contribution is 2.37. The molecule has 20 heavy (non-hydrogen) atoms. The molecule has 0 unspecified atom stereocenters. The zero-order valence-corrected chi connectivity index (χ0v) is 11.8. The van der Waals surface area contributed by atoms with Crippen LogP contribution in [0.25, 0.3) is 0 Å². The second-order valence-electron chi connectivity index (χ2n) is 5.75. The van der Waals surface area contributed by atoms with E-state index in [2.05, 4.69) is 5.32 Å². The Hall–Kier alpha value is -1.84. The number of aryl methyl sites for hydroxylation is 1. The van der Waals surface area contributed by atoms with E-state index in [4.69, 9.17) is 0 Å². The molecule has 2 amide bonds. The first-order valence-electron chi connectivity index (χ1n) is 7.33. The van der Waals surface area contributed by atoms with E-state index < -0.39 is 0 Å². The van der Waals surface area contributed by atoms with Crippen LogP contribution in [0.15, 0.2) is 24.3 Å². The molecule has 1 aromatic carbocycles. The molecule has 3 rings (SSSR count). The summed E-state index contributed by atoms with van der Waals surface area (Å²) in [5.41, 5.74) is 2.09. The first-order chi connectivity index (χ1) is 9.68. The van der Waals surface area contributed by atoms with Gasteiger partial charge in [0.15, 0.2) is 0 Å². The monoisotopic (exact) mass is 272 g/mol. The molecule has 2 atom stereocenters. The van der Waals surface area contributed by atoms with Gasteiger partial charge in [-0.25, -0.2) is 0 Å². The lowest BCUT2D eigenvalue weighted by molar-refractivity contribution is -0.139. The molecule has 1 saturated carbocycles. The van der Waals surface area contributed by atoms with Crippen LogP contribution < -0.4 is 5.32 Å². The van der Waals surface area contributed by atoms with Gasteiger partial charge in [-0.15, -0.1) is 0 Å². The van der Waals surface area contributed by atoms with Gasteiger partial charge < -0.3 is 5.32 Å². The van der Waals surface area contributed by atoms with Gasteiger partial charge in [-0.05, 0) is 31.4 Å². The van der Waals surface area contributed by atoms with Crippen molar-refractivity contribution in [2.45, 2.75) is 32.6 Å². The minimum atomic E-state index is -0.0603. The fourth-order valence-electron chi connectivity index (χ4n) is 3.32. The van der Waals surface area contributed by atoms with Gasteiger partial charge in [0.05, 0.1) is 18.5 Å². The number of nitrogens with zero attached hydrogens (tertiary/aromatic N) is 1. The van der Waals surface area contributed by atoms with Crippen molar-refractivity contribution in [1.82, 2.24) is 4.90 Å². The average molecular weight is 272 g/mol. The molecule has 1 aliphatic heterocycles. The van der Waals surface area contributed by atoms with E-state index in [1.54, 1.807) is 0 Å². The molecule has 4 heteroatoms. The third kappa shape index (κ3) is 2.19. The number of para-hydroxylation sites is 1. The number of carbonyl (C=O) groups is 2. The average Bonchev–Trinajstić information content (AvgIpc) is 2.71. The van der Waals surface area contributed by atoms with Crippen molar-refractivity contribution >= 4 is 17.5 Å². The van der Waals surface area contributed by atoms with Crippen LogP contribution in [-0.4, -0.2) is 23.4 Å². The number of benzene rings is 1. The number of anilines is 1. The van der Waals surface area contributed by atoms with Gasteiger partial charge >= 0.3 is 0 Å². The highest BCUT2D eigenvalue weighted by atomic mass is 16.2. The van der Waals surface area contributed by atoms with Gasteiger partial charge in [0.1, 0.15) is 0 Å². The first-order valence-corrected chi connectivity index (χ1v) is 7.33. The molecule has 1 heterocycles. The van der Waals surface area contributed by atoms with Crippen LogP contribution in [0, 0.1) is 18.8 Å².